The molecule has 3 N–H and O–H groups in total. The Hall–Kier alpha value is -3.46. The van der Waals surface area contributed by atoms with Crippen molar-refractivity contribution in [1.82, 2.24) is 5.32 Å². The molecular weight excluding hydrogens is 356 g/mol. The van der Waals surface area contributed by atoms with Gasteiger partial charge in [-0.05, 0) is 11.6 Å². The number of aliphatic carboxylic acids is 1. The fraction of sp³-hybridized carbons (Fsp3) is 0.222. The number of benzene rings is 2. The molecule has 0 spiro atoms. The molecule has 2 aromatic rings. The van der Waals surface area contributed by atoms with Crippen LogP contribution < -0.4 is 10.1 Å². The number of carbonyl (C=O) groups is 2. The number of carboxylic acids is 1. The molecule has 0 heterocycles. The van der Waals surface area contributed by atoms with Crippen molar-refractivity contribution in [3.05, 3.63) is 69.8 Å². The lowest BCUT2D eigenvalue weighted by Gasteiger charge is -2.18. The Labute approximate surface area is 154 Å². The largest absolute Gasteiger partial charge is 0.496 e. The first-order chi connectivity index (χ1) is 12.8. The smallest absolute Gasteiger partial charge is 0.326 e. The molecule has 0 aliphatic heterocycles. The van der Waals surface area contributed by atoms with Gasteiger partial charge < -0.3 is 20.3 Å². The quantitative estimate of drug-likeness (QED) is 0.469. The molecule has 0 radical (unpaired) electrons. The number of aliphatic hydroxyl groups excluding tert-OH is 1. The summed E-state index contributed by atoms with van der Waals surface area (Å²) in [5.41, 5.74) is 0.325. The van der Waals surface area contributed by atoms with Crippen molar-refractivity contribution in [2.24, 2.45) is 0 Å². The van der Waals surface area contributed by atoms with Gasteiger partial charge in [-0.15, -0.1) is 0 Å². The van der Waals surface area contributed by atoms with Gasteiger partial charge in [0.2, 0.25) is 0 Å². The molecule has 2 rings (SSSR count). The van der Waals surface area contributed by atoms with E-state index in [0.29, 0.717) is 5.56 Å². The number of carbonyl (C=O) groups excluding carboxylic acids is 1. The summed E-state index contributed by atoms with van der Waals surface area (Å²) in [5.74, 6) is -1.99. The Kier molecular flexibility index (Phi) is 6.45. The number of nitrogens with one attached hydrogen (secondary N) is 1. The van der Waals surface area contributed by atoms with Gasteiger partial charge in [0.15, 0.2) is 6.10 Å². The van der Waals surface area contributed by atoms with Crippen molar-refractivity contribution in [3.8, 4) is 5.75 Å². The number of hydrogen-bond donors (Lipinski definition) is 3. The summed E-state index contributed by atoms with van der Waals surface area (Å²) in [4.78, 5) is 34.1. The molecule has 0 aliphatic carbocycles. The molecule has 0 aliphatic rings. The fourth-order valence-electron chi connectivity index (χ4n) is 2.50. The number of carboxylic acid groups (broad SMARTS) is 1. The lowest BCUT2D eigenvalue weighted by Crippen LogP contribution is -2.44. The summed E-state index contributed by atoms with van der Waals surface area (Å²) >= 11 is 0. The first-order valence-corrected chi connectivity index (χ1v) is 7.91. The minimum atomic E-state index is -1.54. The Morgan fingerprint density at radius 3 is 2.44 bits per heavy atom. The van der Waals surface area contributed by atoms with Crippen LogP contribution in [-0.4, -0.2) is 40.2 Å². The molecule has 9 nitrogen and oxygen atoms in total. The van der Waals surface area contributed by atoms with Crippen LogP contribution in [0.1, 0.15) is 17.2 Å². The van der Waals surface area contributed by atoms with Crippen LogP contribution in [0.25, 0.3) is 0 Å². The van der Waals surface area contributed by atoms with Crippen molar-refractivity contribution >= 4 is 17.6 Å². The molecule has 0 saturated carbocycles. The van der Waals surface area contributed by atoms with E-state index in [1.54, 1.807) is 18.2 Å². The lowest BCUT2D eigenvalue weighted by atomic mass is 10.0. The van der Waals surface area contributed by atoms with E-state index in [0.717, 1.165) is 0 Å². The second-order valence-electron chi connectivity index (χ2n) is 5.67. The van der Waals surface area contributed by atoms with Crippen molar-refractivity contribution < 1.29 is 29.5 Å². The highest BCUT2D eigenvalue weighted by atomic mass is 16.6. The molecule has 0 saturated heterocycles. The molecule has 0 unspecified atom stereocenters. The van der Waals surface area contributed by atoms with Crippen LogP contribution in [0.15, 0.2) is 48.5 Å². The summed E-state index contributed by atoms with van der Waals surface area (Å²) in [6.07, 6.45) is -1.80. The molecule has 0 fully saturated rings. The van der Waals surface area contributed by atoms with Crippen LogP contribution >= 0.6 is 0 Å². The molecule has 0 aromatic heterocycles. The number of nitrogens with zero attached hydrogens (tertiary/aromatic N) is 1. The predicted octanol–water partition coefficient (Wildman–Crippen LogP) is 1.45. The molecule has 142 valence electrons. The van der Waals surface area contributed by atoms with E-state index < -0.39 is 28.9 Å². The summed E-state index contributed by atoms with van der Waals surface area (Å²) in [7, 11) is 1.35. The fourth-order valence-corrected chi connectivity index (χ4v) is 2.50. The monoisotopic (exact) mass is 374 g/mol. The summed E-state index contributed by atoms with van der Waals surface area (Å²) in [5, 5.41) is 32.7. The van der Waals surface area contributed by atoms with Crippen molar-refractivity contribution in [2.75, 3.05) is 7.11 Å². The van der Waals surface area contributed by atoms with Gasteiger partial charge in [-0.25, -0.2) is 4.79 Å². The molecule has 2 atom stereocenters. The number of rotatable bonds is 8. The number of nitro benzene ring substituents is 1. The zero-order valence-electron chi connectivity index (χ0n) is 14.4. The second kappa shape index (κ2) is 8.77. The van der Waals surface area contributed by atoms with Crippen molar-refractivity contribution in [1.29, 1.82) is 0 Å². The average Bonchev–Trinajstić information content (AvgIpc) is 2.67. The van der Waals surface area contributed by atoms with E-state index >= 15 is 0 Å². The first-order valence-electron chi connectivity index (χ1n) is 7.91. The van der Waals surface area contributed by atoms with Gasteiger partial charge in [0.05, 0.1) is 12.0 Å². The van der Waals surface area contributed by atoms with E-state index in [2.05, 4.69) is 5.32 Å². The second-order valence-corrected chi connectivity index (χ2v) is 5.67. The summed E-state index contributed by atoms with van der Waals surface area (Å²) < 4.78 is 5.10. The number of hydrogen-bond acceptors (Lipinski definition) is 6. The van der Waals surface area contributed by atoms with Crippen LogP contribution in [0, 0.1) is 10.1 Å². The van der Waals surface area contributed by atoms with E-state index in [4.69, 9.17) is 4.74 Å². The topological polar surface area (TPSA) is 139 Å². The Bertz CT molecular complexity index is 839. The zero-order chi connectivity index (χ0) is 20.0. The number of methoxy groups -OCH3 is 1. The van der Waals surface area contributed by atoms with Gasteiger partial charge in [0.1, 0.15) is 11.8 Å². The zero-order valence-corrected chi connectivity index (χ0v) is 14.4. The average molecular weight is 374 g/mol. The molecule has 9 heteroatoms. The lowest BCUT2D eigenvalue weighted by molar-refractivity contribution is -0.384. The van der Waals surface area contributed by atoms with Crippen LogP contribution in [0.4, 0.5) is 5.69 Å². The van der Waals surface area contributed by atoms with Gasteiger partial charge in [0.25, 0.3) is 11.6 Å². The number of amides is 1. The third-order valence-corrected chi connectivity index (χ3v) is 3.88. The van der Waals surface area contributed by atoms with Gasteiger partial charge in [-0.2, -0.15) is 0 Å². The molecule has 0 bridgehead atoms. The molecule has 27 heavy (non-hydrogen) atoms. The predicted molar refractivity (Wildman–Crippen MR) is 94.3 cm³/mol. The maximum atomic E-state index is 12.2. The Balaban J connectivity index is 2.21. The number of aliphatic hydroxyl groups is 1. The van der Waals surface area contributed by atoms with E-state index in [9.17, 15) is 29.9 Å². The van der Waals surface area contributed by atoms with E-state index in [1.165, 1.54) is 37.4 Å². The van der Waals surface area contributed by atoms with Crippen LogP contribution in [0.2, 0.25) is 0 Å². The molecule has 2 aromatic carbocycles. The summed E-state index contributed by atoms with van der Waals surface area (Å²) in [6.45, 7) is 0. The van der Waals surface area contributed by atoms with E-state index in [-0.39, 0.29) is 23.4 Å². The number of nitro groups is 1. The third kappa shape index (κ3) is 5.02. The highest BCUT2D eigenvalue weighted by Gasteiger charge is 2.27. The number of ether oxygens (including phenoxy) is 1. The Morgan fingerprint density at radius 2 is 1.89 bits per heavy atom. The van der Waals surface area contributed by atoms with Gasteiger partial charge in [0, 0.05) is 24.1 Å². The highest BCUT2D eigenvalue weighted by Crippen LogP contribution is 2.25. The van der Waals surface area contributed by atoms with Gasteiger partial charge in [-0.3, -0.25) is 14.9 Å². The standard InChI is InChI=1S/C18H18N2O7/c1-27-15-8-7-13(20(25)26)9-12(15)10-14(18(23)24)19-17(22)16(21)11-5-3-2-4-6-11/h2-9,14,16,21H,10H2,1H3,(H,19,22)(H,23,24)/t14-,16-/m0/s1. The van der Waals surface area contributed by atoms with Gasteiger partial charge in [-0.1, -0.05) is 30.3 Å². The first kappa shape index (κ1) is 19.9. The molecule has 1 amide bonds. The third-order valence-electron chi connectivity index (χ3n) is 3.88. The van der Waals surface area contributed by atoms with Crippen molar-refractivity contribution in [3.63, 3.8) is 0 Å². The van der Waals surface area contributed by atoms with Crippen molar-refractivity contribution in [2.45, 2.75) is 18.6 Å². The normalized spacial score (nSPS) is 12.7. The van der Waals surface area contributed by atoms with Crippen LogP contribution in [0.5, 0.6) is 5.75 Å². The molecular formula is C18H18N2O7. The SMILES string of the molecule is COc1ccc([N+](=O)[O-])cc1C[C@H](NC(=O)[C@@H](O)c1ccccc1)C(=O)O. The minimum absolute atomic E-state index is 0.231. The highest BCUT2D eigenvalue weighted by molar-refractivity contribution is 5.87. The minimum Gasteiger partial charge on any atom is -0.496 e. The Morgan fingerprint density at radius 1 is 1.22 bits per heavy atom. The summed E-state index contributed by atoms with van der Waals surface area (Å²) in [6, 6.07) is 10.4. The maximum absolute atomic E-state index is 12.2. The van der Waals surface area contributed by atoms with Gasteiger partial charge >= 0.3 is 5.97 Å². The maximum Gasteiger partial charge on any atom is 0.326 e. The number of non-ortho nitro benzene ring substituents is 1. The van der Waals surface area contributed by atoms with Crippen LogP contribution in [0.3, 0.4) is 0 Å². The van der Waals surface area contributed by atoms with Crippen LogP contribution in [-0.2, 0) is 16.0 Å². The van der Waals surface area contributed by atoms with E-state index in [1.807, 2.05) is 0 Å².